The zero-order valence-corrected chi connectivity index (χ0v) is 8.67. The first kappa shape index (κ1) is 10.3. The van der Waals surface area contributed by atoms with Gasteiger partial charge in [0.1, 0.15) is 5.76 Å². The van der Waals surface area contributed by atoms with Crippen molar-refractivity contribution in [2.24, 2.45) is 4.40 Å². The standard InChI is InChI=1S/C8H13NO3S/c1-6(10)7-4-9-13(3,11)5-8(7)12-2/h4-6,10H,1-3H3/t6-,13?/m1/s1. The van der Waals surface area contributed by atoms with Gasteiger partial charge in [-0.2, -0.15) is 0 Å². The molecule has 5 heteroatoms. The molecule has 0 aromatic rings. The Bertz CT molecular complexity index is 373. The molecule has 1 heterocycles. The number of allylic oxidation sites excluding steroid dienone is 1. The molecular formula is C8H13NO3S. The molecule has 1 aliphatic rings. The number of rotatable bonds is 2. The monoisotopic (exact) mass is 203 g/mol. The molecule has 0 bridgehead atoms. The zero-order chi connectivity index (χ0) is 10.1. The lowest BCUT2D eigenvalue weighted by Crippen LogP contribution is -2.17. The Morgan fingerprint density at radius 1 is 1.69 bits per heavy atom. The van der Waals surface area contributed by atoms with Crippen LogP contribution in [0.4, 0.5) is 0 Å². The van der Waals surface area contributed by atoms with Gasteiger partial charge in [0.2, 0.25) is 0 Å². The molecule has 0 saturated heterocycles. The van der Waals surface area contributed by atoms with Gasteiger partial charge < -0.3 is 9.84 Å². The SMILES string of the molecule is COC1=C([C@@H](C)O)C=NS(C)(=O)=C1. The number of aliphatic hydroxyl groups is 1. The second-order valence-electron chi connectivity index (χ2n) is 2.91. The van der Waals surface area contributed by atoms with Gasteiger partial charge >= 0.3 is 0 Å². The predicted octanol–water partition coefficient (Wildman–Crippen LogP) is -0.0165. The fourth-order valence-corrected chi connectivity index (χ4v) is 2.02. The minimum Gasteiger partial charge on any atom is -0.496 e. The van der Waals surface area contributed by atoms with Gasteiger partial charge in [-0.25, -0.2) is 8.61 Å². The van der Waals surface area contributed by atoms with E-state index >= 15 is 0 Å². The van der Waals surface area contributed by atoms with Crippen molar-refractivity contribution in [3.63, 3.8) is 0 Å². The number of methoxy groups -OCH3 is 1. The number of hydrogen-bond acceptors (Lipinski definition) is 3. The zero-order valence-electron chi connectivity index (χ0n) is 7.85. The van der Waals surface area contributed by atoms with Crippen molar-refractivity contribution in [3.05, 3.63) is 11.3 Å². The summed E-state index contributed by atoms with van der Waals surface area (Å²) in [7, 11) is -0.835. The molecule has 0 saturated carbocycles. The fourth-order valence-electron chi connectivity index (χ4n) is 1.00. The Hall–Kier alpha value is -0.810. The molecule has 4 nitrogen and oxygen atoms in total. The summed E-state index contributed by atoms with van der Waals surface area (Å²) in [6.07, 6.45) is 2.26. The Labute approximate surface area is 78.1 Å². The van der Waals surface area contributed by atoms with Crippen LogP contribution in [0.15, 0.2) is 15.7 Å². The highest BCUT2D eigenvalue weighted by Crippen LogP contribution is 2.12. The Morgan fingerprint density at radius 2 is 2.31 bits per heavy atom. The van der Waals surface area contributed by atoms with Crippen LogP contribution >= 0.6 is 0 Å². The summed E-state index contributed by atoms with van der Waals surface area (Å²) in [5.74, 6) is 0.442. The average Bonchev–Trinajstić information content (AvgIpc) is 2.01. The first-order valence-corrected chi connectivity index (χ1v) is 5.80. The van der Waals surface area contributed by atoms with E-state index in [1.807, 2.05) is 0 Å². The van der Waals surface area contributed by atoms with E-state index in [0.29, 0.717) is 11.3 Å². The second kappa shape index (κ2) is 3.51. The van der Waals surface area contributed by atoms with Crippen LogP contribution in [0.25, 0.3) is 0 Å². The van der Waals surface area contributed by atoms with Crippen molar-refractivity contribution < 1.29 is 14.1 Å². The van der Waals surface area contributed by atoms with Crippen LogP contribution in [-0.2, 0) is 14.4 Å². The number of aliphatic hydroxyl groups excluding tert-OH is 1. The quantitative estimate of drug-likeness (QED) is 0.642. The highest BCUT2D eigenvalue weighted by atomic mass is 32.2. The van der Waals surface area contributed by atoms with E-state index in [-0.39, 0.29) is 0 Å². The molecule has 0 aliphatic carbocycles. The third-order valence-corrected chi connectivity index (χ3v) is 2.86. The smallest absolute Gasteiger partial charge is 0.135 e. The summed E-state index contributed by atoms with van der Waals surface area (Å²) in [5.41, 5.74) is 0.559. The van der Waals surface area contributed by atoms with E-state index in [2.05, 4.69) is 4.40 Å². The third-order valence-electron chi connectivity index (χ3n) is 1.68. The largest absolute Gasteiger partial charge is 0.496 e. The molecule has 2 atom stereocenters. The van der Waals surface area contributed by atoms with Crippen LogP contribution in [0.1, 0.15) is 6.92 Å². The van der Waals surface area contributed by atoms with Crippen LogP contribution in [-0.4, -0.2) is 40.4 Å². The molecule has 0 aromatic carbocycles. The highest BCUT2D eigenvalue weighted by Gasteiger charge is 2.15. The highest BCUT2D eigenvalue weighted by molar-refractivity contribution is 7.99. The number of nitrogens with zero attached hydrogens (tertiary/aromatic N) is 1. The molecular weight excluding hydrogens is 190 g/mol. The summed E-state index contributed by atoms with van der Waals surface area (Å²) in [6, 6.07) is 0. The van der Waals surface area contributed by atoms with Gasteiger partial charge in [0, 0.05) is 18.0 Å². The lowest BCUT2D eigenvalue weighted by molar-refractivity contribution is 0.226. The molecule has 0 spiro atoms. The van der Waals surface area contributed by atoms with Crippen LogP contribution in [0.5, 0.6) is 0 Å². The Balaban J connectivity index is 3.23. The van der Waals surface area contributed by atoms with Crippen LogP contribution in [0, 0.1) is 0 Å². The topological polar surface area (TPSA) is 58.9 Å². The van der Waals surface area contributed by atoms with Gasteiger partial charge in [0.15, 0.2) is 0 Å². The molecule has 0 aromatic heterocycles. The lowest BCUT2D eigenvalue weighted by atomic mass is 10.1. The maximum absolute atomic E-state index is 11.5. The minimum absolute atomic E-state index is 0.442. The summed E-state index contributed by atoms with van der Waals surface area (Å²) in [5, 5.41) is 10.7. The molecule has 0 amide bonds. The molecule has 1 unspecified atom stereocenters. The first-order valence-electron chi connectivity index (χ1n) is 3.82. The van der Waals surface area contributed by atoms with Gasteiger partial charge in [-0.15, -0.1) is 0 Å². The van der Waals surface area contributed by atoms with E-state index < -0.39 is 15.8 Å². The van der Waals surface area contributed by atoms with E-state index in [1.54, 1.807) is 6.92 Å². The van der Waals surface area contributed by atoms with E-state index in [1.165, 1.54) is 24.9 Å². The predicted molar refractivity (Wildman–Crippen MR) is 54.3 cm³/mol. The third kappa shape index (κ3) is 2.32. The van der Waals surface area contributed by atoms with E-state index in [4.69, 9.17) is 4.74 Å². The van der Waals surface area contributed by atoms with Crippen molar-refractivity contribution in [3.8, 4) is 0 Å². The molecule has 0 radical (unpaired) electrons. The lowest BCUT2D eigenvalue weighted by Gasteiger charge is -2.14. The molecule has 1 N–H and O–H groups in total. The Kier molecular flexibility index (Phi) is 2.77. The van der Waals surface area contributed by atoms with E-state index in [9.17, 15) is 9.32 Å². The van der Waals surface area contributed by atoms with Crippen LogP contribution < -0.4 is 0 Å². The summed E-state index contributed by atoms with van der Waals surface area (Å²) in [4.78, 5) is 0. The summed E-state index contributed by atoms with van der Waals surface area (Å²) < 4.78 is 20.3. The molecule has 1 aliphatic heterocycles. The summed E-state index contributed by atoms with van der Waals surface area (Å²) >= 11 is 0. The summed E-state index contributed by atoms with van der Waals surface area (Å²) in [6.45, 7) is 1.61. The normalized spacial score (nSPS) is 29.8. The number of ether oxygens (including phenoxy) is 1. The first-order chi connectivity index (χ1) is 5.96. The van der Waals surface area contributed by atoms with Gasteiger partial charge in [0.25, 0.3) is 0 Å². The minimum atomic E-state index is -2.31. The molecule has 74 valence electrons. The number of hydrogen-bond donors (Lipinski definition) is 1. The molecule has 0 fully saturated rings. The van der Waals surface area contributed by atoms with Gasteiger partial charge in [-0.05, 0) is 6.92 Å². The average molecular weight is 203 g/mol. The van der Waals surface area contributed by atoms with Crippen molar-refractivity contribution in [2.75, 3.05) is 13.4 Å². The van der Waals surface area contributed by atoms with Crippen molar-refractivity contribution in [1.82, 2.24) is 0 Å². The molecule has 1 rings (SSSR count). The van der Waals surface area contributed by atoms with Gasteiger partial charge in [0.05, 0.1) is 28.3 Å². The molecule has 13 heavy (non-hydrogen) atoms. The van der Waals surface area contributed by atoms with Gasteiger partial charge in [-0.1, -0.05) is 0 Å². The van der Waals surface area contributed by atoms with Crippen molar-refractivity contribution >= 4 is 21.3 Å². The fraction of sp³-hybridized carbons (Fsp3) is 0.500. The van der Waals surface area contributed by atoms with Crippen molar-refractivity contribution in [1.29, 1.82) is 0 Å². The maximum Gasteiger partial charge on any atom is 0.135 e. The Morgan fingerprint density at radius 3 is 2.77 bits per heavy atom. The van der Waals surface area contributed by atoms with Crippen LogP contribution in [0.2, 0.25) is 0 Å². The van der Waals surface area contributed by atoms with Crippen LogP contribution in [0.3, 0.4) is 0 Å². The second-order valence-corrected chi connectivity index (χ2v) is 5.08. The maximum atomic E-state index is 11.5. The van der Waals surface area contributed by atoms with Crippen molar-refractivity contribution in [2.45, 2.75) is 13.0 Å². The van der Waals surface area contributed by atoms with Gasteiger partial charge in [-0.3, -0.25) is 0 Å². The van der Waals surface area contributed by atoms with E-state index in [0.717, 1.165) is 0 Å².